The lowest BCUT2D eigenvalue weighted by Crippen LogP contribution is -1.84. The first-order valence-corrected chi connectivity index (χ1v) is 4.52. The van der Waals surface area contributed by atoms with Crippen LogP contribution in [0, 0.1) is 11.8 Å². The summed E-state index contributed by atoms with van der Waals surface area (Å²) in [4.78, 5) is 0. The molecule has 0 aliphatic carbocycles. The maximum atomic E-state index is 6.92. The molecule has 63 valence electrons. The molecule has 0 saturated carbocycles. The van der Waals surface area contributed by atoms with E-state index in [1.54, 1.807) is 0 Å². The van der Waals surface area contributed by atoms with Gasteiger partial charge in [-0.15, -0.1) is 11.8 Å². The summed E-state index contributed by atoms with van der Waals surface area (Å²) >= 11 is 0. The highest BCUT2D eigenvalue weighted by atomic mass is 14.5. The molecule has 0 amide bonds. The predicted molar refractivity (Wildman–Crippen MR) is 49.1 cm³/mol. The van der Waals surface area contributed by atoms with Gasteiger partial charge in [-0.1, -0.05) is 19.8 Å². The van der Waals surface area contributed by atoms with Crippen LogP contribution in [0.15, 0.2) is 0 Å². The molecule has 0 aromatic heterocycles. The molecule has 0 aromatic rings. The van der Waals surface area contributed by atoms with Gasteiger partial charge < -0.3 is 0 Å². The molecule has 0 bridgehead atoms. The van der Waals surface area contributed by atoms with Crippen molar-refractivity contribution < 1.29 is 0 Å². The molecule has 0 rings (SSSR count). The Labute approximate surface area is 70.4 Å². The van der Waals surface area contributed by atoms with Crippen LogP contribution in [-0.4, -0.2) is 6.54 Å². The number of hydrogen-bond donors (Lipinski definition) is 0. The largest absolute Gasteiger partial charge is 0.258 e. The first kappa shape index (κ1) is 10.5. The van der Waals surface area contributed by atoms with Crippen LogP contribution in [0.25, 0.3) is 0 Å². The van der Waals surface area contributed by atoms with Gasteiger partial charge in [0.2, 0.25) is 0 Å². The topological polar surface area (TPSA) is 23.8 Å². The van der Waals surface area contributed by atoms with E-state index in [9.17, 15) is 0 Å². The molecule has 1 radical (unpaired) electrons. The molecule has 0 unspecified atom stereocenters. The van der Waals surface area contributed by atoms with Gasteiger partial charge in [0, 0.05) is 19.4 Å². The smallest absolute Gasteiger partial charge is 0.00997 e. The number of hydrogen-bond acceptors (Lipinski definition) is 0. The molecule has 0 aromatic carbocycles. The van der Waals surface area contributed by atoms with E-state index >= 15 is 0 Å². The fraction of sp³-hybridized carbons (Fsp3) is 0.800. The van der Waals surface area contributed by atoms with Gasteiger partial charge in [-0.25, -0.2) is 0 Å². The Morgan fingerprint density at radius 3 is 2.36 bits per heavy atom. The van der Waals surface area contributed by atoms with E-state index in [0.29, 0.717) is 6.54 Å². The van der Waals surface area contributed by atoms with Crippen molar-refractivity contribution in [1.82, 2.24) is 5.73 Å². The first-order chi connectivity index (χ1) is 5.41. The Hall–Kier alpha value is -0.480. The van der Waals surface area contributed by atoms with E-state index < -0.39 is 0 Å². The first-order valence-electron chi connectivity index (χ1n) is 4.52. The monoisotopic (exact) mass is 152 g/mol. The highest BCUT2D eigenvalue weighted by Gasteiger charge is 1.85. The fourth-order valence-corrected chi connectivity index (χ4v) is 0.905. The van der Waals surface area contributed by atoms with Crippen LogP contribution in [0.2, 0.25) is 0 Å². The summed E-state index contributed by atoms with van der Waals surface area (Å²) in [5, 5.41) is 0. The molecular formula is C10H18N. The minimum atomic E-state index is 0.584. The lowest BCUT2D eigenvalue weighted by atomic mass is 10.1. The average molecular weight is 152 g/mol. The maximum Gasteiger partial charge on any atom is 0.00997 e. The van der Waals surface area contributed by atoms with E-state index in [1.165, 1.54) is 19.3 Å². The minimum Gasteiger partial charge on any atom is -0.258 e. The van der Waals surface area contributed by atoms with Crippen molar-refractivity contribution in [1.29, 1.82) is 0 Å². The van der Waals surface area contributed by atoms with Crippen molar-refractivity contribution in [3.63, 3.8) is 0 Å². The normalized spacial score (nSPS) is 8.91. The maximum absolute atomic E-state index is 6.92. The van der Waals surface area contributed by atoms with Gasteiger partial charge in [0.1, 0.15) is 0 Å². The minimum absolute atomic E-state index is 0.584. The molecule has 1 heteroatoms. The Morgan fingerprint density at radius 1 is 1.00 bits per heavy atom. The Bertz CT molecular complexity index is 119. The molecule has 0 saturated heterocycles. The predicted octanol–water partition coefficient (Wildman–Crippen LogP) is 2.63. The zero-order chi connectivity index (χ0) is 8.36. The van der Waals surface area contributed by atoms with Crippen LogP contribution in [0.5, 0.6) is 0 Å². The van der Waals surface area contributed by atoms with Gasteiger partial charge in [0.05, 0.1) is 0 Å². The van der Waals surface area contributed by atoms with E-state index in [1.807, 2.05) is 0 Å². The van der Waals surface area contributed by atoms with Crippen molar-refractivity contribution in [2.24, 2.45) is 0 Å². The molecule has 1 N–H and O–H groups in total. The summed E-state index contributed by atoms with van der Waals surface area (Å²) in [5.41, 5.74) is 6.92. The summed E-state index contributed by atoms with van der Waals surface area (Å²) < 4.78 is 0. The van der Waals surface area contributed by atoms with Gasteiger partial charge in [-0.2, -0.15) is 0 Å². The SMILES string of the molecule is CCC#CCCCCCC[NH]. The number of unbranched alkanes of at least 4 members (excludes halogenated alkanes) is 4. The van der Waals surface area contributed by atoms with E-state index in [0.717, 1.165) is 19.3 Å². The van der Waals surface area contributed by atoms with Crippen molar-refractivity contribution in [3.8, 4) is 11.8 Å². The van der Waals surface area contributed by atoms with Crippen LogP contribution in [0.1, 0.15) is 45.4 Å². The van der Waals surface area contributed by atoms with Gasteiger partial charge in [0.25, 0.3) is 0 Å². The molecule has 0 aliphatic heterocycles. The summed E-state index contributed by atoms with van der Waals surface area (Å²) in [6.07, 6.45) is 6.75. The lowest BCUT2D eigenvalue weighted by Gasteiger charge is -1.93. The fourth-order valence-electron chi connectivity index (χ4n) is 0.905. The third-order valence-corrected chi connectivity index (χ3v) is 1.53. The van der Waals surface area contributed by atoms with Crippen molar-refractivity contribution in [3.05, 3.63) is 0 Å². The quantitative estimate of drug-likeness (QED) is 0.427. The Kier molecular flexibility index (Phi) is 9.10. The van der Waals surface area contributed by atoms with Crippen LogP contribution in [-0.2, 0) is 0 Å². The second kappa shape index (κ2) is 9.52. The molecule has 0 fully saturated rings. The summed E-state index contributed by atoms with van der Waals surface area (Å²) in [5.74, 6) is 6.17. The van der Waals surface area contributed by atoms with Crippen molar-refractivity contribution >= 4 is 0 Å². The van der Waals surface area contributed by atoms with Crippen molar-refractivity contribution in [2.75, 3.05) is 6.54 Å². The molecule has 11 heavy (non-hydrogen) atoms. The second-order valence-corrected chi connectivity index (χ2v) is 2.62. The van der Waals surface area contributed by atoms with Crippen LogP contribution in [0.4, 0.5) is 0 Å². The Morgan fingerprint density at radius 2 is 1.73 bits per heavy atom. The highest BCUT2D eigenvalue weighted by molar-refractivity contribution is 4.97. The zero-order valence-corrected chi connectivity index (χ0v) is 7.45. The third kappa shape index (κ3) is 9.52. The van der Waals surface area contributed by atoms with Crippen LogP contribution < -0.4 is 5.73 Å². The van der Waals surface area contributed by atoms with Gasteiger partial charge in [0.15, 0.2) is 0 Å². The molecule has 0 heterocycles. The molecular weight excluding hydrogens is 134 g/mol. The average Bonchev–Trinajstić information content (AvgIpc) is 2.03. The van der Waals surface area contributed by atoms with Crippen LogP contribution >= 0.6 is 0 Å². The number of nitrogens with one attached hydrogen (secondary N) is 1. The second-order valence-electron chi connectivity index (χ2n) is 2.62. The van der Waals surface area contributed by atoms with Gasteiger partial charge in [-0.3, -0.25) is 5.73 Å². The summed E-state index contributed by atoms with van der Waals surface area (Å²) in [7, 11) is 0. The molecule has 0 aliphatic rings. The van der Waals surface area contributed by atoms with Crippen molar-refractivity contribution in [2.45, 2.75) is 45.4 Å². The highest BCUT2D eigenvalue weighted by Crippen LogP contribution is 2.00. The van der Waals surface area contributed by atoms with E-state index in [2.05, 4.69) is 18.8 Å². The standard InChI is InChI=1S/C10H18N/c1-2-3-4-5-6-7-8-9-10-11/h11H,2,5-10H2,1H3. The lowest BCUT2D eigenvalue weighted by molar-refractivity contribution is 0.652. The van der Waals surface area contributed by atoms with E-state index in [-0.39, 0.29) is 0 Å². The summed E-state index contributed by atoms with van der Waals surface area (Å²) in [6.45, 7) is 2.66. The van der Waals surface area contributed by atoms with E-state index in [4.69, 9.17) is 5.73 Å². The molecule has 0 atom stereocenters. The molecule has 1 nitrogen and oxygen atoms in total. The molecule has 0 spiro atoms. The zero-order valence-electron chi connectivity index (χ0n) is 7.45. The van der Waals surface area contributed by atoms with Crippen LogP contribution in [0.3, 0.4) is 0 Å². The van der Waals surface area contributed by atoms with Gasteiger partial charge >= 0.3 is 0 Å². The number of rotatable bonds is 5. The summed E-state index contributed by atoms with van der Waals surface area (Å²) in [6, 6.07) is 0. The third-order valence-electron chi connectivity index (χ3n) is 1.53. The van der Waals surface area contributed by atoms with Gasteiger partial charge in [-0.05, 0) is 12.8 Å². The Balaban J connectivity index is 2.90.